The van der Waals surface area contributed by atoms with Gasteiger partial charge in [0.25, 0.3) is 5.91 Å². The molecule has 7 nitrogen and oxygen atoms in total. The van der Waals surface area contributed by atoms with E-state index in [0.29, 0.717) is 19.7 Å². The molecule has 0 bridgehead atoms. The van der Waals surface area contributed by atoms with Crippen LogP contribution in [0.4, 0.5) is 0 Å². The minimum Gasteiger partial charge on any atom is -0.368 e. The summed E-state index contributed by atoms with van der Waals surface area (Å²) in [6.45, 7) is 5.78. The lowest BCUT2D eigenvalue weighted by Gasteiger charge is -2.44. The molecule has 2 aliphatic rings. The van der Waals surface area contributed by atoms with Crippen LogP contribution >= 0.6 is 0 Å². The summed E-state index contributed by atoms with van der Waals surface area (Å²) < 4.78 is 8.14. The molecule has 2 aromatic heterocycles. The van der Waals surface area contributed by atoms with Crippen molar-refractivity contribution in [1.82, 2.24) is 24.6 Å². The van der Waals surface area contributed by atoms with E-state index in [9.17, 15) is 4.79 Å². The molecule has 1 amide bonds. The SMILES string of the molecule is Cc1nn(C)c(C)c1C(=O)N1CCC2(CC1)OCCc1cnc(-c3ccccc3)nc12. The zero-order valence-electron chi connectivity index (χ0n) is 18.3. The molecule has 2 aliphatic heterocycles. The van der Waals surface area contributed by atoms with Crippen molar-refractivity contribution in [2.24, 2.45) is 7.05 Å². The van der Waals surface area contributed by atoms with Crippen LogP contribution in [0.25, 0.3) is 11.4 Å². The van der Waals surface area contributed by atoms with Gasteiger partial charge in [-0.1, -0.05) is 30.3 Å². The monoisotopic (exact) mass is 417 g/mol. The summed E-state index contributed by atoms with van der Waals surface area (Å²) in [4.78, 5) is 24.7. The van der Waals surface area contributed by atoms with Crippen LogP contribution in [-0.2, 0) is 23.8 Å². The van der Waals surface area contributed by atoms with Crippen LogP contribution in [0.5, 0.6) is 0 Å². The van der Waals surface area contributed by atoms with Gasteiger partial charge in [0.1, 0.15) is 5.60 Å². The van der Waals surface area contributed by atoms with Gasteiger partial charge < -0.3 is 9.64 Å². The molecule has 1 aromatic carbocycles. The minimum absolute atomic E-state index is 0.0571. The molecule has 7 heteroatoms. The van der Waals surface area contributed by atoms with Crippen LogP contribution in [0.2, 0.25) is 0 Å². The average molecular weight is 418 g/mol. The van der Waals surface area contributed by atoms with Gasteiger partial charge >= 0.3 is 0 Å². The van der Waals surface area contributed by atoms with Crippen molar-refractivity contribution < 1.29 is 9.53 Å². The van der Waals surface area contributed by atoms with E-state index in [0.717, 1.165) is 58.9 Å². The summed E-state index contributed by atoms with van der Waals surface area (Å²) in [5, 5.41) is 4.41. The number of aromatic nitrogens is 4. The molecule has 31 heavy (non-hydrogen) atoms. The number of likely N-dealkylation sites (tertiary alicyclic amines) is 1. The summed E-state index contributed by atoms with van der Waals surface area (Å²) in [7, 11) is 1.88. The molecule has 0 atom stereocenters. The summed E-state index contributed by atoms with van der Waals surface area (Å²) in [6, 6.07) is 10.0. The van der Waals surface area contributed by atoms with Crippen LogP contribution in [0.3, 0.4) is 0 Å². The minimum atomic E-state index is -0.449. The Morgan fingerprint density at radius 1 is 1.13 bits per heavy atom. The second-order valence-corrected chi connectivity index (χ2v) is 8.49. The van der Waals surface area contributed by atoms with E-state index in [1.54, 1.807) is 4.68 Å². The lowest BCUT2D eigenvalue weighted by Crippen LogP contribution is -2.49. The molecule has 0 N–H and O–H groups in total. The van der Waals surface area contributed by atoms with Crippen molar-refractivity contribution in [3.8, 4) is 11.4 Å². The van der Waals surface area contributed by atoms with Crippen molar-refractivity contribution in [3.63, 3.8) is 0 Å². The van der Waals surface area contributed by atoms with Gasteiger partial charge in [-0.15, -0.1) is 0 Å². The average Bonchev–Trinajstić information content (AvgIpc) is 3.05. The van der Waals surface area contributed by atoms with E-state index in [2.05, 4.69) is 10.1 Å². The van der Waals surface area contributed by atoms with Crippen LogP contribution in [0.15, 0.2) is 36.5 Å². The third-order valence-corrected chi connectivity index (χ3v) is 6.66. The highest BCUT2D eigenvalue weighted by molar-refractivity contribution is 5.96. The van der Waals surface area contributed by atoms with E-state index in [4.69, 9.17) is 9.72 Å². The molecule has 5 rings (SSSR count). The number of aryl methyl sites for hydroxylation is 2. The Labute approximate surface area is 182 Å². The van der Waals surface area contributed by atoms with Crippen molar-refractivity contribution in [2.45, 2.75) is 38.7 Å². The first-order chi connectivity index (χ1) is 15.0. The molecular formula is C24H27N5O2. The maximum absolute atomic E-state index is 13.2. The Balaban J connectivity index is 1.41. The van der Waals surface area contributed by atoms with Crippen molar-refractivity contribution in [1.29, 1.82) is 0 Å². The maximum Gasteiger partial charge on any atom is 0.257 e. The molecule has 0 saturated carbocycles. The number of carbonyl (C=O) groups excluding carboxylic acids is 1. The summed E-state index contributed by atoms with van der Waals surface area (Å²) in [5.41, 5.74) is 5.11. The van der Waals surface area contributed by atoms with Crippen LogP contribution in [0, 0.1) is 13.8 Å². The third kappa shape index (κ3) is 3.33. The summed E-state index contributed by atoms with van der Waals surface area (Å²) >= 11 is 0. The largest absolute Gasteiger partial charge is 0.368 e. The Hall–Kier alpha value is -3.06. The number of benzene rings is 1. The first-order valence-electron chi connectivity index (χ1n) is 10.8. The highest BCUT2D eigenvalue weighted by Gasteiger charge is 2.43. The van der Waals surface area contributed by atoms with Crippen molar-refractivity contribution in [2.75, 3.05) is 19.7 Å². The number of carbonyl (C=O) groups is 1. The Bertz CT molecular complexity index is 1130. The van der Waals surface area contributed by atoms with Gasteiger partial charge in [-0.05, 0) is 38.7 Å². The lowest BCUT2D eigenvalue weighted by molar-refractivity contribution is -0.0967. The molecular weight excluding hydrogens is 390 g/mol. The molecule has 3 aromatic rings. The third-order valence-electron chi connectivity index (χ3n) is 6.66. The number of amides is 1. The molecule has 0 unspecified atom stereocenters. The van der Waals surface area contributed by atoms with Gasteiger partial charge in [0.05, 0.1) is 23.6 Å². The molecule has 1 saturated heterocycles. The van der Waals surface area contributed by atoms with Crippen molar-refractivity contribution in [3.05, 3.63) is 64.7 Å². The predicted octanol–water partition coefficient (Wildman–Crippen LogP) is 3.20. The second-order valence-electron chi connectivity index (χ2n) is 8.49. The van der Waals surface area contributed by atoms with Gasteiger partial charge in [-0.2, -0.15) is 5.10 Å². The van der Waals surface area contributed by atoms with Gasteiger partial charge in [0.2, 0.25) is 0 Å². The predicted molar refractivity (Wildman–Crippen MR) is 117 cm³/mol. The fraction of sp³-hybridized carbons (Fsp3) is 0.417. The van der Waals surface area contributed by atoms with Crippen LogP contribution < -0.4 is 0 Å². The number of fused-ring (bicyclic) bond motifs is 2. The highest BCUT2D eigenvalue weighted by atomic mass is 16.5. The smallest absolute Gasteiger partial charge is 0.257 e. The number of hydrogen-bond donors (Lipinski definition) is 0. The number of ether oxygens (including phenoxy) is 1. The van der Waals surface area contributed by atoms with E-state index >= 15 is 0 Å². The van der Waals surface area contributed by atoms with Gasteiger partial charge in [0, 0.05) is 37.6 Å². The molecule has 0 radical (unpaired) electrons. The van der Waals surface area contributed by atoms with Gasteiger partial charge in [-0.3, -0.25) is 9.48 Å². The highest BCUT2D eigenvalue weighted by Crippen LogP contribution is 2.41. The number of rotatable bonds is 2. The number of hydrogen-bond acceptors (Lipinski definition) is 5. The quantitative estimate of drug-likeness (QED) is 0.640. The van der Waals surface area contributed by atoms with E-state index in [-0.39, 0.29) is 5.91 Å². The topological polar surface area (TPSA) is 73.1 Å². The fourth-order valence-electron chi connectivity index (χ4n) is 4.83. The van der Waals surface area contributed by atoms with Crippen molar-refractivity contribution >= 4 is 5.91 Å². The van der Waals surface area contributed by atoms with E-state index in [1.807, 2.05) is 62.3 Å². The Kier molecular flexibility index (Phi) is 4.85. The number of nitrogens with zero attached hydrogens (tertiary/aromatic N) is 5. The molecule has 160 valence electrons. The molecule has 1 spiro atoms. The Morgan fingerprint density at radius 3 is 2.55 bits per heavy atom. The first-order valence-corrected chi connectivity index (χ1v) is 10.8. The zero-order chi connectivity index (χ0) is 21.6. The lowest BCUT2D eigenvalue weighted by atomic mass is 9.83. The summed E-state index contributed by atoms with van der Waals surface area (Å²) in [6.07, 6.45) is 4.24. The summed E-state index contributed by atoms with van der Waals surface area (Å²) in [5.74, 6) is 0.783. The molecule has 1 fully saturated rings. The van der Waals surface area contributed by atoms with Crippen LogP contribution in [-0.4, -0.2) is 50.3 Å². The molecule has 4 heterocycles. The van der Waals surface area contributed by atoms with Gasteiger partial charge in [0.15, 0.2) is 5.82 Å². The van der Waals surface area contributed by atoms with Crippen LogP contribution in [0.1, 0.15) is 45.8 Å². The molecule has 0 aliphatic carbocycles. The van der Waals surface area contributed by atoms with E-state index in [1.165, 1.54) is 0 Å². The normalized spacial score (nSPS) is 17.6. The second kappa shape index (κ2) is 7.57. The Morgan fingerprint density at radius 2 is 1.87 bits per heavy atom. The van der Waals surface area contributed by atoms with E-state index < -0.39 is 5.60 Å². The van der Waals surface area contributed by atoms with Gasteiger partial charge in [-0.25, -0.2) is 9.97 Å². The maximum atomic E-state index is 13.2. The number of piperidine rings is 1. The zero-order valence-corrected chi connectivity index (χ0v) is 18.3. The fourth-order valence-corrected chi connectivity index (χ4v) is 4.83. The first kappa shape index (κ1) is 19.9. The standard InChI is InChI=1S/C24H27N5O2/c1-16-20(17(2)28(3)27-16)23(30)29-12-10-24(11-13-29)21-19(9-14-31-24)15-25-22(26-21)18-7-5-4-6-8-18/h4-8,15H,9-14H2,1-3H3.